The zero-order valence-corrected chi connectivity index (χ0v) is 11.6. The maximum Gasteiger partial charge on any atom is 0.263 e. The third-order valence-corrected chi connectivity index (χ3v) is 3.94. The molecule has 2 rings (SSSR count). The molecule has 0 radical (unpaired) electrons. The van der Waals surface area contributed by atoms with Crippen LogP contribution in [0.3, 0.4) is 0 Å². The van der Waals surface area contributed by atoms with Crippen LogP contribution >= 0.6 is 0 Å². The topological polar surface area (TPSA) is 88.3 Å². The minimum absolute atomic E-state index is 0.00533. The van der Waals surface area contributed by atoms with Gasteiger partial charge in [-0.15, -0.1) is 0 Å². The van der Waals surface area contributed by atoms with E-state index >= 15 is 0 Å². The van der Waals surface area contributed by atoms with Crippen LogP contribution in [0.2, 0.25) is 0 Å². The van der Waals surface area contributed by atoms with Crippen molar-refractivity contribution < 1.29 is 13.2 Å². The SMILES string of the molecule is COCc1cccc(NS(=O)(=O)c2ccc(=O)[nH]c2)c1. The number of rotatable bonds is 5. The third kappa shape index (κ3) is 3.46. The zero-order chi connectivity index (χ0) is 14.6. The molecular formula is C13H14N2O4S. The van der Waals surface area contributed by atoms with Gasteiger partial charge in [0.05, 0.1) is 6.61 Å². The number of ether oxygens (including phenoxy) is 1. The fraction of sp³-hybridized carbons (Fsp3) is 0.154. The second-order valence-electron chi connectivity index (χ2n) is 4.13. The van der Waals surface area contributed by atoms with Crippen molar-refractivity contribution in [3.05, 3.63) is 58.5 Å². The average molecular weight is 294 g/mol. The number of benzene rings is 1. The molecule has 0 bridgehead atoms. The molecule has 0 aliphatic carbocycles. The number of aromatic nitrogens is 1. The number of aromatic amines is 1. The first-order valence-corrected chi connectivity index (χ1v) is 7.29. The molecule has 0 amide bonds. The van der Waals surface area contributed by atoms with Gasteiger partial charge in [-0.3, -0.25) is 9.52 Å². The van der Waals surface area contributed by atoms with Crippen molar-refractivity contribution in [2.75, 3.05) is 11.8 Å². The van der Waals surface area contributed by atoms with E-state index in [4.69, 9.17) is 4.74 Å². The fourth-order valence-electron chi connectivity index (χ4n) is 1.67. The van der Waals surface area contributed by atoms with Crippen molar-refractivity contribution in [2.24, 2.45) is 0 Å². The van der Waals surface area contributed by atoms with E-state index in [0.29, 0.717) is 12.3 Å². The molecule has 106 valence electrons. The highest BCUT2D eigenvalue weighted by Crippen LogP contribution is 2.16. The lowest BCUT2D eigenvalue weighted by Gasteiger charge is -2.09. The molecule has 0 unspecified atom stereocenters. The van der Waals surface area contributed by atoms with Crippen molar-refractivity contribution in [2.45, 2.75) is 11.5 Å². The summed E-state index contributed by atoms with van der Waals surface area (Å²) in [5, 5.41) is 0. The Morgan fingerprint density at radius 2 is 2.05 bits per heavy atom. The lowest BCUT2D eigenvalue weighted by Crippen LogP contribution is -2.15. The Bertz CT molecular complexity index is 732. The average Bonchev–Trinajstić information content (AvgIpc) is 2.39. The molecule has 0 saturated carbocycles. The maximum atomic E-state index is 12.1. The van der Waals surface area contributed by atoms with Crippen molar-refractivity contribution in [3.8, 4) is 0 Å². The second kappa shape index (κ2) is 5.89. The first-order chi connectivity index (χ1) is 9.51. The monoisotopic (exact) mass is 294 g/mol. The molecule has 6 nitrogen and oxygen atoms in total. The summed E-state index contributed by atoms with van der Waals surface area (Å²) in [6.07, 6.45) is 1.16. The van der Waals surface area contributed by atoms with E-state index in [1.165, 1.54) is 6.07 Å². The number of hydrogen-bond donors (Lipinski definition) is 2. The van der Waals surface area contributed by atoms with Gasteiger partial charge in [-0.1, -0.05) is 12.1 Å². The molecule has 0 aliphatic rings. The molecule has 0 spiro atoms. The van der Waals surface area contributed by atoms with Crippen LogP contribution in [0.15, 0.2) is 52.3 Å². The molecule has 1 aromatic carbocycles. The molecule has 1 aromatic heterocycles. The Hall–Kier alpha value is -2.12. The van der Waals surface area contributed by atoms with Crippen LogP contribution in [0.4, 0.5) is 5.69 Å². The highest BCUT2D eigenvalue weighted by Gasteiger charge is 2.14. The number of pyridine rings is 1. The highest BCUT2D eigenvalue weighted by atomic mass is 32.2. The summed E-state index contributed by atoms with van der Waals surface area (Å²) < 4.78 is 31.7. The molecule has 2 N–H and O–H groups in total. The van der Waals surface area contributed by atoms with Crippen LogP contribution in [0.25, 0.3) is 0 Å². The van der Waals surface area contributed by atoms with Crippen molar-refractivity contribution >= 4 is 15.7 Å². The van der Waals surface area contributed by atoms with E-state index in [-0.39, 0.29) is 10.5 Å². The second-order valence-corrected chi connectivity index (χ2v) is 5.81. The fourth-order valence-corrected chi connectivity index (χ4v) is 2.69. The quantitative estimate of drug-likeness (QED) is 0.870. The Balaban J connectivity index is 2.26. The van der Waals surface area contributed by atoms with Gasteiger partial charge in [-0.2, -0.15) is 0 Å². The summed E-state index contributed by atoms with van der Waals surface area (Å²) in [6.45, 7) is 0.397. The molecule has 0 saturated heterocycles. The Labute approximate surface area is 116 Å². The van der Waals surface area contributed by atoms with Crippen LogP contribution < -0.4 is 10.3 Å². The van der Waals surface area contributed by atoms with Gasteiger partial charge in [0.25, 0.3) is 10.0 Å². The number of sulfonamides is 1. The summed E-state index contributed by atoms with van der Waals surface area (Å²) in [7, 11) is -2.16. The zero-order valence-electron chi connectivity index (χ0n) is 10.8. The van der Waals surface area contributed by atoms with Crippen LogP contribution in [0.1, 0.15) is 5.56 Å². The largest absolute Gasteiger partial charge is 0.380 e. The molecular weight excluding hydrogens is 280 g/mol. The smallest absolute Gasteiger partial charge is 0.263 e. The van der Waals surface area contributed by atoms with Crippen LogP contribution in [-0.2, 0) is 21.4 Å². The van der Waals surface area contributed by atoms with Gasteiger partial charge < -0.3 is 9.72 Å². The standard InChI is InChI=1S/C13H14N2O4S/c1-19-9-10-3-2-4-11(7-10)15-20(17,18)12-5-6-13(16)14-8-12/h2-8,15H,9H2,1H3,(H,14,16). The normalized spacial score (nSPS) is 11.2. The van der Waals surface area contributed by atoms with E-state index in [1.807, 2.05) is 6.07 Å². The number of H-pyrrole nitrogens is 1. The Kier molecular flexibility index (Phi) is 4.21. The summed E-state index contributed by atoms with van der Waals surface area (Å²) in [6, 6.07) is 9.31. The summed E-state index contributed by atoms with van der Waals surface area (Å²) >= 11 is 0. The summed E-state index contributed by atoms with van der Waals surface area (Å²) in [5.74, 6) is 0. The van der Waals surface area contributed by atoms with E-state index in [9.17, 15) is 13.2 Å². The van der Waals surface area contributed by atoms with Crippen molar-refractivity contribution in [1.82, 2.24) is 4.98 Å². The molecule has 0 atom stereocenters. The molecule has 0 fully saturated rings. The van der Waals surface area contributed by atoms with E-state index in [2.05, 4.69) is 9.71 Å². The predicted molar refractivity (Wildman–Crippen MR) is 75.0 cm³/mol. The van der Waals surface area contributed by atoms with Gasteiger partial charge in [0, 0.05) is 25.1 Å². The van der Waals surface area contributed by atoms with Gasteiger partial charge >= 0.3 is 0 Å². The van der Waals surface area contributed by atoms with Gasteiger partial charge in [0.2, 0.25) is 5.56 Å². The van der Waals surface area contributed by atoms with E-state index in [1.54, 1.807) is 25.3 Å². The molecule has 1 heterocycles. The predicted octanol–water partition coefficient (Wildman–Crippen LogP) is 1.32. The molecule has 20 heavy (non-hydrogen) atoms. The van der Waals surface area contributed by atoms with Crippen LogP contribution in [0.5, 0.6) is 0 Å². The number of methoxy groups -OCH3 is 1. The maximum absolute atomic E-state index is 12.1. The van der Waals surface area contributed by atoms with Crippen LogP contribution in [0, 0.1) is 0 Å². The highest BCUT2D eigenvalue weighted by molar-refractivity contribution is 7.92. The van der Waals surface area contributed by atoms with Gasteiger partial charge in [0.1, 0.15) is 4.90 Å². The molecule has 0 aliphatic heterocycles. The van der Waals surface area contributed by atoms with E-state index in [0.717, 1.165) is 17.8 Å². The first-order valence-electron chi connectivity index (χ1n) is 5.81. The minimum atomic E-state index is -3.72. The lowest BCUT2D eigenvalue weighted by atomic mass is 10.2. The van der Waals surface area contributed by atoms with Gasteiger partial charge in [-0.05, 0) is 23.8 Å². The van der Waals surface area contributed by atoms with E-state index < -0.39 is 10.0 Å². The third-order valence-electron chi connectivity index (χ3n) is 2.56. The van der Waals surface area contributed by atoms with Crippen LogP contribution in [-0.4, -0.2) is 20.5 Å². The molecule has 7 heteroatoms. The van der Waals surface area contributed by atoms with Crippen molar-refractivity contribution in [3.63, 3.8) is 0 Å². The number of anilines is 1. The van der Waals surface area contributed by atoms with Gasteiger partial charge in [0.15, 0.2) is 0 Å². The number of hydrogen-bond acceptors (Lipinski definition) is 4. The lowest BCUT2D eigenvalue weighted by molar-refractivity contribution is 0.185. The first kappa shape index (κ1) is 14.3. The van der Waals surface area contributed by atoms with Crippen molar-refractivity contribution in [1.29, 1.82) is 0 Å². The Morgan fingerprint density at radius 3 is 2.70 bits per heavy atom. The molecule has 2 aromatic rings. The Morgan fingerprint density at radius 1 is 1.25 bits per heavy atom. The number of nitrogens with one attached hydrogen (secondary N) is 2. The minimum Gasteiger partial charge on any atom is -0.380 e. The summed E-state index contributed by atoms with van der Waals surface area (Å²) in [4.78, 5) is 13.3. The van der Waals surface area contributed by atoms with Gasteiger partial charge in [-0.25, -0.2) is 8.42 Å². The summed E-state index contributed by atoms with van der Waals surface area (Å²) in [5.41, 5.74) is 0.936.